The molecule has 2 aromatic heterocycles. The third-order valence-corrected chi connectivity index (χ3v) is 4.86. The zero-order chi connectivity index (χ0) is 18.6. The van der Waals surface area contributed by atoms with Crippen LogP contribution >= 0.6 is 0 Å². The van der Waals surface area contributed by atoms with Crippen molar-refractivity contribution in [3.05, 3.63) is 59.9 Å². The summed E-state index contributed by atoms with van der Waals surface area (Å²) in [7, 11) is 0. The first kappa shape index (κ1) is 17.5. The minimum Gasteiger partial charge on any atom is -0.464 e. The van der Waals surface area contributed by atoms with Gasteiger partial charge >= 0.3 is 0 Å². The Morgan fingerprint density at radius 1 is 1.15 bits per heavy atom. The highest BCUT2D eigenvalue weighted by molar-refractivity contribution is 5.72. The van der Waals surface area contributed by atoms with E-state index in [4.69, 9.17) is 4.42 Å². The molecule has 1 N–H and O–H groups in total. The van der Waals surface area contributed by atoms with Gasteiger partial charge in [-0.2, -0.15) is 0 Å². The summed E-state index contributed by atoms with van der Waals surface area (Å²) < 4.78 is 7.58. The van der Waals surface area contributed by atoms with Crippen molar-refractivity contribution in [3.63, 3.8) is 0 Å². The lowest BCUT2D eigenvalue weighted by atomic mass is 10.1. The van der Waals surface area contributed by atoms with E-state index >= 15 is 0 Å². The van der Waals surface area contributed by atoms with Gasteiger partial charge in [-0.05, 0) is 17.7 Å². The number of amides is 1. The summed E-state index contributed by atoms with van der Waals surface area (Å²) in [4.78, 5) is 13.6. The van der Waals surface area contributed by atoms with E-state index in [1.54, 1.807) is 6.26 Å². The Bertz CT molecular complexity index is 899. The Morgan fingerprint density at radius 2 is 2.00 bits per heavy atom. The maximum atomic E-state index is 11.1. The van der Waals surface area contributed by atoms with Crippen molar-refractivity contribution in [2.75, 3.05) is 13.1 Å². The van der Waals surface area contributed by atoms with E-state index in [0.29, 0.717) is 6.54 Å². The molecule has 4 rings (SSSR count). The van der Waals surface area contributed by atoms with Crippen LogP contribution in [0.15, 0.2) is 47.1 Å². The topological polar surface area (TPSA) is 76.2 Å². The van der Waals surface area contributed by atoms with Gasteiger partial charge in [0, 0.05) is 45.1 Å². The number of carbonyl (C=O) groups is 1. The molecule has 0 aliphatic carbocycles. The third-order valence-electron chi connectivity index (χ3n) is 4.86. The Balaban J connectivity index is 1.38. The zero-order valence-corrected chi connectivity index (χ0v) is 15.4. The first-order chi connectivity index (χ1) is 13.2. The van der Waals surface area contributed by atoms with Gasteiger partial charge < -0.3 is 14.3 Å². The maximum Gasteiger partial charge on any atom is 0.217 e. The number of nitrogens with zero attached hydrogens (tertiary/aromatic N) is 4. The monoisotopic (exact) mass is 365 g/mol. The molecule has 0 spiro atoms. The van der Waals surface area contributed by atoms with Crippen LogP contribution in [0.5, 0.6) is 0 Å². The molecule has 3 heterocycles. The summed E-state index contributed by atoms with van der Waals surface area (Å²) in [6, 6.07) is 12.4. The lowest BCUT2D eigenvalue weighted by Crippen LogP contribution is -2.27. The van der Waals surface area contributed by atoms with Gasteiger partial charge in [0.1, 0.15) is 11.6 Å². The van der Waals surface area contributed by atoms with Crippen LogP contribution in [0.2, 0.25) is 0 Å². The van der Waals surface area contributed by atoms with Crippen molar-refractivity contribution in [1.29, 1.82) is 0 Å². The van der Waals surface area contributed by atoms with Gasteiger partial charge in [-0.25, -0.2) is 0 Å². The molecular weight excluding hydrogens is 342 g/mol. The van der Waals surface area contributed by atoms with Crippen molar-refractivity contribution in [1.82, 2.24) is 25.0 Å². The molecule has 3 aromatic rings. The van der Waals surface area contributed by atoms with Crippen LogP contribution in [-0.2, 0) is 30.8 Å². The van der Waals surface area contributed by atoms with Gasteiger partial charge in [0.15, 0.2) is 5.82 Å². The smallest absolute Gasteiger partial charge is 0.217 e. The van der Waals surface area contributed by atoms with E-state index < -0.39 is 0 Å². The molecule has 27 heavy (non-hydrogen) atoms. The quantitative estimate of drug-likeness (QED) is 0.750. The number of carbonyl (C=O) groups excluding carboxylic acids is 1. The predicted molar refractivity (Wildman–Crippen MR) is 101 cm³/mol. The summed E-state index contributed by atoms with van der Waals surface area (Å²) in [6.45, 7) is 5.55. The SMILES string of the molecule is CC(=O)NCc1nnc2n1CCN(Cc1ccc(-c3ccco3)cc1)CC2. The number of aromatic nitrogens is 3. The number of fused-ring (bicyclic) bond motifs is 1. The zero-order valence-electron chi connectivity index (χ0n) is 15.4. The summed E-state index contributed by atoms with van der Waals surface area (Å²) >= 11 is 0. The molecule has 0 unspecified atom stereocenters. The van der Waals surface area contributed by atoms with Gasteiger partial charge in [0.25, 0.3) is 0 Å². The maximum absolute atomic E-state index is 11.1. The second-order valence-corrected chi connectivity index (χ2v) is 6.79. The number of hydrogen-bond donors (Lipinski definition) is 1. The average Bonchev–Trinajstić information content (AvgIpc) is 3.29. The van der Waals surface area contributed by atoms with E-state index in [9.17, 15) is 4.79 Å². The van der Waals surface area contributed by atoms with Crippen LogP contribution < -0.4 is 5.32 Å². The van der Waals surface area contributed by atoms with Crippen LogP contribution in [0.1, 0.15) is 24.1 Å². The number of hydrogen-bond acceptors (Lipinski definition) is 5. The Kier molecular flexibility index (Phi) is 5.02. The van der Waals surface area contributed by atoms with Gasteiger partial charge in [0.05, 0.1) is 12.8 Å². The molecule has 0 saturated carbocycles. The molecule has 1 amide bonds. The van der Waals surface area contributed by atoms with Crippen molar-refractivity contribution < 1.29 is 9.21 Å². The van der Waals surface area contributed by atoms with Crippen LogP contribution in [-0.4, -0.2) is 38.7 Å². The van der Waals surface area contributed by atoms with Crippen LogP contribution in [0.3, 0.4) is 0 Å². The molecule has 140 valence electrons. The second kappa shape index (κ2) is 7.75. The number of rotatable bonds is 5. The van der Waals surface area contributed by atoms with E-state index in [1.165, 1.54) is 12.5 Å². The lowest BCUT2D eigenvalue weighted by Gasteiger charge is -2.19. The van der Waals surface area contributed by atoms with Gasteiger partial charge in [-0.3, -0.25) is 9.69 Å². The van der Waals surface area contributed by atoms with Crippen LogP contribution in [0, 0.1) is 0 Å². The standard InChI is InChI=1S/C20H23N5O2/c1-15(26)21-13-20-23-22-19-8-9-24(10-11-25(19)20)14-16-4-6-17(7-5-16)18-3-2-12-27-18/h2-7,12H,8-11,13-14H2,1H3,(H,21,26). The Labute approximate surface area is 158 Å². The summed E-state index contributed by atoms with van der Waals surface area (Å²) in [5.74, 6) is 2.65. The van der Waals surface area contributed by atoms with Crippen molar-refractivity contribution in [2.24, 2.45) is 0 Å². The predicted octanol–water partition coefficient (Wildman–Crippen LogP) is 2.23. The molecule has 1 aliphatic heterocycles. The number of nitrogens with one attached hydrogen (secondary N) is 1. The number of furan rings is 1. The first-order valence-electron chi connectivity index (χ1n) is 9.19. The van der Waals surface area contributed by atoms with E-state index in [-0.39, 0.29) is 5.91 Å². The minimum atomic E-state index is -0.0550. The Morgan fingerprint density at radius 3 is 2.74 bits per heavy atom. The average molecular weight is 365 g/mol. The first-order valence-corrected chi connectivity index (χ1v) is 9.19. The minimum absolute atomic E-state index is 0.0550. The van der Waals surface area contributed by atoms with E-state index in [1.807, 2.05) is 12.1 Å². The highest BCUT2D eigenvalue weighted by Crippen LogP contribution is 2.21. The van der Waals surface area contributed by atoms with Gasteiger partial charge in [0.2, 0.25) is 5.91 Å². The molecule has 0 fully saturated rings. The lowest BCUT2D eigenvalue weighted by molar-refractivity contribution is -0.119. The Hall–Kier alpha value is -2.93. The molecule has 0 atom stereocenters. The third kappa shape index (κ3) is 4.09. The molecule has 1 aliphatic rings. The summed E-state index contributed by atoms with van der Waals surface area (Å²) in [5, 5.41) is 11.3. The summed E-state index contributed by atoms with van der Waals surface area (Å²) in [6.07, 6.45) is 2.55. The van der Waals surface area contributed by atoms with Crippen molar-refractivity contribution in [3.8, 4) is 11.3 Å². The molecule has 1 aromatic carbocycles. The molecule has 7 nitrogen and oxygen atoms in total. The fourth-order valence-corrected chi connectivity index (χ4v) is 3.39. The van der Waals surface area contributed by atoms with Gasteiger partial charge in [-0.15, -0.1) is 10.2 Å². The molecule has 7 heteroatoms. The molecule has 0 bridgehead atoms. The van der Waals surface area contributed by atoms with E-state index in [2.05, 4.69) is 49.2 Å². The second-order valence-electron chi connectivity index (χ2n) is 6.79. The highest BCUT2D eigenvalue weighted by atomic mass is 16.3. The fourth-order valence-electron chi connectivity index (χ4n) is 3.39. The van der Waals surface area contributed by atoms with Crippen LogP contribution in [0.4, 0.5) is 0 Å². The summed E-state index contributed by atoms with van der Waals surface area (Å²) in [5.41, 5.74) is 2.37. The largest absolute Gasteiger partial charge is 0.464 e. The van der Waals surface area contributed by atoms with Crippen LogP contribution in [0.25, 0.3) is 11.3 Å². The fraction of sp³-hybridized carbons (Fsp3) is 0.350. The van der Waals surface area contributed by atoms with Crippen molar-refractivity contribution in [2.45, 2.75) is 33.0 Å². The molecule has 0 radical (unpaired) electrons. The van der Waals surface area contributed by atoms with E-state index in [0.717, 1.165) is 55.6 Å². The molecule has 0 saturated heterocycles. The molecular formula is C20H23N5O2. The van der Waals surface area contributed by atoms with Crippen molar-refractivity contribution >= 4 is 5.91 Å². The number of benzene rings is 1. The normalized spacial score (nSPS) is 14.6. The van der Waals surface area contributed by atoms with Gasteiger partial charge in [-0.1, -0.05) is 24.3 Å². The highest BCUT2D eigenvalue weighted by Gasteiger charge is 2.18.